The first kappa shape index (κ1) is 34.9. The van der Waals surface area contributed by atoms with Crippen LogP contribution in [0.1, 0.15) is 22.3 Å². The van der Waals surface area contributed by atoms with E-state index >= 15 is 0 Å². The van der Waals surface area contributed by atoms with E-state index in [1.807, 2.05) is 11.8 Å². The summed E-state index contributed by atoms with van der Waals surface area (Å²) in [5, 5.41) is 7.23. The Labute approximate surface area is 368 Å². The monoisotopic (exact) mass is 820 g/mol. The molecule has 10 aromatic carbocycles. The maximum Gasteiger partial charge on any atom is 0.137 e. The Bertz CT molecular complexity index is 3860. The molecule has 0 bridgehead atoms. The molecule has 12 aromatic rings. The van der Waals surface area contributed by atoms with Crippen molar-refractivity contribution in [3.8, 4) is 16.8 Å². The van der Waals surface area contributed by atoms with Gasteiger partial charge in [0.05, 0.1) is 27.5 Å². The smallest absolute Gasteiger partial charge is 0.137 e. The number of aromatic nitrogens is 1. The fourth-order valence-corrected chi connectivity index (χ4v) is 12.4. The van der Waals surface area contributed by atoms with Gasteiger partial charge in [0.15, 0.2) is 0 Å². The zero-order chi connectivity index (χ0) is 41.2. The number of rotatable bonds is 4. The van der Waals surface area contributed by atoms with Crippen LogP contribution in [0.15, 0.2) is 233 Å². The summed E-state index contributed by atoms with van der Waals surface area (Å²) in [7, 11) is 0. The highest BCUT2D eigenvalue weighted by Crippen LogP contribution is 2.62. The molecule has 0 fully saturated rings. The van der Waals surface area contributed by atoms with Gasteiger partial charge >= 0.3 is 0 Å². The predicted octanol–water partition coefficient (Wildman–Crippen LogP) is 16.1. The predicted molar refractivity (Wildman–Crippen MR) is 262 cm³/mol. The van der Waals surface area contributed by atoms with Gasteiger partial charge in [-0.15, -0.1) is 0 Å². The minimum atomic E-state index is -0.526. The first-order valence-electron chi connectivity index (χ1n) is 21.6. The SMILES string of the molecule is c1ccc(-n2c3ccccc3c3ccc(N(c4ccc5c(c4)Sc4ccccc4C54c5ccccc5-c5cccc6cccc4c56)c4cccc5oc6ccccc6c45)cc32)cc1. The van der Waals surface area contributed by atoms with Crippen molar-refractivity contribution >= 4 is 83.3 Å². The lowest BCUT2D eigenvalue weighted by Crippen LogP contribution is -2.36. The summed E-state index contributed by atoms with van der Waals surface area (Å²) in [5.74, 6) is 0. The van der Waals surface area contributed by atoms with Gasteiger partial charge in [-0.2, -0.15) is 0 Å². The Kier molecular flexibility index (Phi) is 7.26. The fraction of sp³-hybridized carbons (Fsp3) is 0.0169. The fourth-order valence-electron chi connectivity index (χ4n) is 11.1. The number of para-hydroxylation sites is 3. The van der Waals surface area contributed by atoms with Crippen molar-refractivity contribution in [1.29, 1.82) is 0 Å². The molecule has 1 atom stereocenters. The lowest BCUT2D eigenvalue weighted by molar-refractivity contribution is 0.669. The Morgan fingerprint density at radius 2 is 1.06 bits per heavy atom. The molecule has 4 heteroatoms. The van der Waals surface area contributed by atoms with Crippen molar-refractivity contribution in [2.75, 3.05) is 4.90 Å². The van der Waals surface area contributed by atoms with Gasteiger partial charge in [0.25, 0.3) is 0 Å². The van der Waals surface area contributed by atoms with E-state index in [0.29, 0.717) is 0 Å². The van der Waals surface area contributed by atoms with Crippen molar-refractivity contribution in [1.82, 2.24) is 4.57 Å². The van der Waals surface area contributed by atoms with Crippen LogP contribution in [-0.2, 0) is 5.41 Å². The molecule has 1 spiro atoms. The molecule has 0 saturated heterocycles. The summed E-state index contributed by atoms with van der Waals surface area (Å²) < 4.78 is 8.97. The lowest BCUT2D eigenvalue weighted by Gasteiger charge is -2.46. The summed E-state index contributed by atoms with van der Waals surface area (Å²) in [6, 6.07) is 80.4. The second kappa shape index (κ2) is 13.1. The van der Waals surface area contributed by atoms with E-state index in [2.05, 4.69) is 228 Å². The minimum absolute atomic E-state index is 0.526. The Morgan fingerprint density at radius 1 is 0.413 bits per heavy atom. The Hall–Kier alpha value is -7.79. The molecule has 2 aliphatic rings. The molecule has 1 aliphatic carbocycles. The topological polar surface area (TPSA) is 21.3 Å². The molecule has 0 N–H and O–H groups in total. The number of benzene rings is 10. The zero-order valence-electron chi connectivity index (χ0n) is 34.0. The van der Waals surface area contributed by atoms with Crippen molar-refractivity contribution in [3.63, 3.8) is 0 Å². The van der Waals surface area contributed by atoms with E-state index in [4.69, 9.17) is 4.42 Å². The van der Waals surface area contributed by atoms with Crippen molar-refractivity contribution in [2.45, 2.75) is 15.2 Å². The van der Waals surface area contributed by atoms with Crippen molar-refractivity contribution in [2.24, 2.45) is 0 Å². The number of nitrogens with zero attached hydrogens (tertiary/aromatic N) is 2. The van der Waals surface area contributed by atoms with Crippen LogP contribution in [0.25, 0.3) is 71.3 Å². The summed E-state index contributed by atoms with van der Waals surface area (Å²) in [6.45, 7) is 0. The average Bonchev–Trinajstić information content (AvgIpc) is 3.89. The van der Waals surface area contributed by atoms with Gasteiger partial charge in [0, 0.05) is 43.0 Å². The van der Waals surface area contributed by atoms with Gasteiger partial charge < -0.3 is 13.9 Å². The number of hydrogen-bond donors (Lipinski definition) is 0. The molecule has 294 valence electrons. The van der Waals surface area contributed by atoms with Crippen LogP contribution in [0.5, 0.6) is 0 Å². The maximum atomic E-state index is 6.56. The highest BCUT2D eigenvalue weighted by Gasteiger charge is 2.48. The van der Waals surface area contributed by atoms with Gasteiger partial charge in [0.2, 0.25) is 0 Å². The van der Waals surface area contributed by atoms with E-state index in [1.165, 1.54) is 70.2 Å². The van der Waals surface area contributed by atoms with Crippen molar-refractivity contribution in [3.05, 3.63) is 241 Å². The molecular formula is C59H36N2OS. The van der Waals surface area contributed by atoms with Crippen LogP contribution in [0, 0.1) is 0 Å². The van der Waals surface area contributed by atoms with Crippen LogP contribution in [0.2, 0.25) is 0 Å². The maximum absolute atomic E-state index is 6.56. The highest BCUT2D eigenvalue weighted by atomic mass is 32.2. The summed E-state index contributed by atoms with van der Waals surface area (Å²) in [5.41, 5.74) is 15.8. The number of fused-ring (bicyclic) bond motifs is 14. The van der Waals surface area contributed by atoms with E-state index in [-0.39, 0.29) is 0 Å². The van der Waals surface area contributed by atoms with E-state index in [9.17, 15) is 0 Å². The van der Waals surface area contributed by atoms with Crippen LogP contribution >= 0.6 is 11.8 Å². The normalized spacial score (nSPS) is 15.0. The lowest BCUT2D eigenvalue weighted by atomic mass is 9.59. The third-order valence-electron chi connectivity index (χ3n) is 13.6. The molecule has 0 radical (unpaired) electrons. The molecule has 14 rings (SSSR count). The summed E-state index contributed by atoms with van der Waals surface area (Å²) >= 11 is 1.88. The standard InChI is InChI=1S/C59H36N2OS/c1-2-17-38(18-3-1)61-50-26-9-5-20-42(50)43-33-31-39(35-52(43)61)60(51-27-14-29-54-58(51)45-21-6-10-28-53(45)62-54)40-32-34-48-56(36-40)63-55-30-11-8-24-47(55)59(48)46-23-7-4-19-41(46)44-22-12-15-37-16-13-25-49(59)57(37)44/h1-36H. The van der Waals surface area contributed by atoms with E-state index in [0.717, 1.165) is 50.2 Å². The van der Waals surface area contributed by atoms with E-state index in [1.54, 1.807) is 0 Å². The third-order valence-corrected chi connectivity index (χ3v) is 14.8. The number of anilines is 3. The quantitative estimate of drug-likeness (QED) is 0.176. The molecular weight excluding hydrogens is 785 g/mol. The first-order chi connectivity index (χ1) is 31.3. The molecule has 0 saturated carbocycles. The average molecular weight is 821 g/mol. The van der Waals surface area contributed by atoms with Gasteiger partial charge in [0.1, 0.15) is 11.2 Å². The minimum Gasteiger partial charge on any atom is -0.456 e. The van der Waals surface area contributed by atoms with Gasteiger partial charge in [-0.3, -0.25) is 0 Å². The summed E-state index contributed by atoms with van der Waals surface area (Å²) in [4.78, 5) is 4.97. The molecule has 3 heterocycles. The zero-order valence-corrected chi connectivity index (χ0v) is 34.8. The molecule has 0 amide bonds. The van der Waals surface area contributed by atoms with Crippen LogP contribution in [-0.4, -0.2) is 4.57 Å². The van der Waals surface area contributed by atoms with Crippen LogP contribution in [0.4, 0.5) is 17.1 Å². The molecule has 63 heavy (non-hydrogen) atoms. The van der Waals surface area contributed by atoms with Crippen molar-refractivity contribution < 1.29 is 4.42 Å². The molecule has 1 aliphatic heterocycles. The first-order valence-corrected chi connectivity index (χ1v) is 22.4. The van der Waals surface area contributed by atoms with E-state index < -0.39 is 5.41 Å². The summed E-state index contributed by atoms with van der Waals surface area (Å²) in [6.07, 6.45) is 0. The third kappa shape index (κ3) is 4.76. The van der Waals surface area contributed by atoms with Gasteiger partial charge in [-0.25, -0.2) is 0 Å². The molecule has 1 unspecified atom stereocenters. The highest BCUT2D eigenvalue weighted by molar-refractivity contribution is 7.99. The van der Waals surface area contributed by atoms with Crippen LogP contribution < -0.4 is 4.90 Å². The Morgan fingerprint density at radius 3 is 1.98 bits per heavy atom. The van der Waals surface area contributed by atoms with Gasteiger partial charge in [-0.1, -0.05) is 163 Å². The number of hydrogen-bond acceptors (Lipinski definition) is 3. The number of furan rings is 1. The van der Waals surface area contributed by atoms with Gasteiger partial charge in [-0.05, 0) is 111 Å². The van der Waals surface area contributed by atoms with Crippen LogP contribution in [0.3, 0.4) is 0 Å². The molecule has 3 nitrogen and oxygen atoms in total. The largest absolute Gasteiger partial charge is 0.456 e. The Balaban J connectivity index is 1.07. The second-order valence-electron chi connectivity index (χ2n) is 16.8. The second-order valence-corrected chi connectivity index (χ2v) is 17.8. The molecule has 2 aromatic heterocycles.